The van der Waals surface area contributed by atoms with Crippen LogP contribution in [0.15, 0.2) is 54.9 Å². The van der Waals surface area contributed by atoms with Crippen LogP contribution in [-0.4, -0.2) is 69.6 Å². The van der Waals surface area contributed by atoms with Gasteiger partial charge in [0.05, 0.1) is 40.1 Å². The number of rotatable bonds is 12. The van der Waals surface area contributed by atoms with E-state index in [1.807, 2.05) is 17.0 Å². The number of amides is 1. The fourth-order valence-corrected chi connectivity index (χ4v) is 6.60. The maximum absolute atomic E-state index is 15.6. The number of benzene rings is 1. The van der Waals surface area contributed by atoms with Crippen LogP contribution in [0.25, 0.3) is 22.5 Å². The number of carboxylic acid groups (broad SMARTS) is 1. The highest BCUT2D eigenvalue weighted by Crippen LogP contribution is 2.41. The molecule has 14 heteroatoms. The summed E-state index contributed by atoms with van der Waals surface area (Å²) in [6, 6.07) is 12.5. The number of hydrogen-bond donors (Lipinski definition) is 4. The maximum Gasteiger partial charge on any atom is 0.307 e. The van der Waals surface area contributed by atoms with Crippen molar-refractivity contribution in [1.29, 1.82) is 0 Å². The van der Waals surface area contributed by atoms with Crippen LogP contribution in [-0.2, 0) is 22.7 Å². The summed E-state index contributed by atoms with van der Waals surface area (Å²) in [6.45, 7) is 2.37. The van der Waals surface area contributed by atoms with Crippen molar-refractivity contribution in [3.63, 3.8) is 0 Å². The first-order valence-corrected chi connectivity index (χ1v) is 16.3. The zero-order chi connectivity index (χ0) is 33.8. The van der Waals surface area contributed by atoms with Crippen molar-refractivity contribution in [2.75, 3.05) is 32.1 Å². The number of carbonyl (C=O) groups excluding carboxylic acids is 1. The molecular formula is C34H34Cl2FN7O4. The van der Waals surface area contributed by atoms with E-state index in [2.05, 4.69) is 25.9 Å². The van der Waals surface area contributed by atoms with Gasteiger partial charge in [-0.2, -0.15) is 0 Å². The van der Waals surface area contributed by atoms with Gasteiger partial charge in [0.2, 0.25) is 11.8 Å². The SMILES string of the molecule is COc1nc(-c2ccnc(-c3cccc(Nc4nccc(CN5CC[C@H](C(=O)O)C5)c4F)c3Cl)c2Cl)ccc1CNC[C@@H]1CCC(=O)N1. The molecule has 0 bridgehead atoms. The van der Waals surface area contributed by atoms with E-state index in [1.165, 1.54) is 6.20 Å². The van der Waals surface area contributed by atoms with E-state index in [-0.39, 0.29) is 29.3 Å². The molecule has 0 unspecified atom stereocenters. The van der Waals surface area contributed by atoms with Gasteiger partial charge in [0.1, 0.15) is 0 Å². The van der Waals surface area contributed by atoms with Crippen molar-refractivity contribution >= 4 is 46.6 Å². The molecule has 1 aromatic carbocycles. The number of aromatic nitrogens is 3. The van der Waals surface area contributed by atoms with Gasteiger partial charge in [-0.05, 0) is 43.7 Å². The van der Waals surface area contributed by atoms with Crippen LogP contribution in [0.5, 0.6) is 5.88 Å². The summed E-state index contributed by atoms with van der Waals surface area (Å²) in [5, 5.41) is 19.2. The van der Waals surface area contributed by atoms with Gasteiger partial charge in [-0.1, -0.05) is 41.4 Å². The quantitative estimate of drug-likeness (QED) is 0.146. The zero-order valence-corrected chi connectivity index (χ0v) is 27.6. The third kappa shape index (κ3) is 7.36. The monoisotopic (exact) mass is 693 g/mol. The highest BCUT2D eigenvalue weighted by atomic mass is 35.5. The number of ether oxygens (including phenoxy) is 1. The molecule has 2 atom stereocenters. The van der Waals surface area contributed by atoms with E-state index in [4.69, 9.17) is 32.9 Å². The fourth-order valence-electron chi connectivity index (χ4n) is 6.02. The number of aliphatic carboxylic acids is 1. The Hall–Kier alpha value is -4.36. The van der Waals surface area contributed by atoms with Crippen LogP contribution in [0.3, 0.4) is 0 Å². The molecule has 0 saturated carbocycles. The van der Waals surface area contributed by atoms with Gasteiger partial charge >= 0.3 is 5.97 Å². The molecule has 0 aliphatic carbocycles. The van der Waals surface area contributed by atoms with Crippen molar-refractivity contribution in [2.24, 2.45) is 5.92 Å². The molecule has 0 spiro atoms. The number of carboxylic acids is 1. The van der Waals surface area contributed by atoms with Gasteiger partial charge in [-0.25, -0.2) is 14.4 Å². The number of nitrogens with zero attached hydrogens (tertiary/aromatic N) is 4. The van der Waals surface area contributed by atoms with Crippen LogP contribution in [0.4, 0.5) is 15.9 Å². The van der Waals surface area contributed by atoms with Crippen LogP contribution in [0.2, 0.25) is 10.0 Å². The maximum atomic E-state index is 15.6. The van der Waals surface area contributed by atoms with Crippen molar-refractivity contribution in [3.05, 3.63) is 81.8 Å². The van der Waals surface area contributed by atoms with Gasteiger partial charge in [0.15, 0.2) is 11.6 Å². The normalized spacial score (nSPS) is 17.8. The summed E-state index contributed by atoms with van der Waals surface area (Å²) in [7, 11) is 1.55. The second kappa shape index (κ2) is 14.8. The number of pyridine rings is 3. The summed E-state index contributed by atoms with van der Waals surface area (Å²) in [6.07, 6.45) is 5.01. The van der Waals surface area contributed by atoms with Gasteiger partial charge in [-0.3, -0.25) is 19.5 Å². The molecule has 250 valence electrons. The lowest BCUT2D eigenvalue weighted by atomic mass is 10.1. The lowest BCUT2D eigenvalue weighted by molar-refractivity contribution is -0.141. The number of halogens is 3. The Morgan fingerprint density at radius 1 is 1.08 bits per heavy atom. The minimum atomic E-state index is -0.838. The molecule has 2 aliphatic heterocycles. The van der Waals surface area contributed by atoms with Gasteiger partial charge in [-0.15, -0.1) is 0 Å². The number of likely N-dealkylation sites (tertiary alicyclic amines) is 1. The Balaban J connectivity index is 1.20. The molecule has 6 rings (SSSR count). The predicted molar refractivity (Wildman–Crippen MR) is 181 cm³/mol. The topological polar surface area (TPSA) is 142 Å². The molecule has 5 heterocycles. The first-order chi connectivity index (χ1) is 23.2. The number of anilines is 2. The smallest absolute Gasteiger partial charge is 0.307 e. The largest absolute Gasteiger partial charge is 0.481 e. The molecule has 3 aromatic heterocycles. The molecule has 4 N–H and O–H groups in total. The summed E-state index contributed by atoms with van der Waals surface area (Å²) < 4.78 is 21.2. The zero-order valence-electron chi connectivity index (χ0n) is 26.1. The van der Waals surface area contributed by atoms with E-state index in [0.29, 0.717) is 83.7 Å². The molecular weight excluding hydrogens is 660 g/mol. The van der Waals surface area contributed by atoms with Crippen LogP contribution >= 0.6 is 23.2 Å². The summed E-state index contributed by atoms with van der Waals surface area (Å²) in [5.41, 5.74) is 3.79. The fraction of sp³-hybridized carbons (Fsp3) is 0.324. The average molecular weight is 695 g/mol. The number of nitrogens with one attached hydrogen (secondary N) is 3. The second-order valence-electron chi connectivity index (χ2n) is 11.8. The number of hydrogen-bond acceptors (Lipinski definition) is 9. The first kappa shape index (κ1) is 33.5. The van der Waals surface area contributed by atoms with E-state index in [1.54, 1.807) is 43.6 Å². The van der Waals surface area contributed by atoms with E-state index >= 15 is 4.39 Å². The minimum absolute atomic E-state index is 0.00722. The summed E-state index contributed by atoms with van der Waals surface area (Å²) in [4.78, 5) is 38.2. The average Bonchev–Trinajstić information content (AvgIpc) is 3.73. The molecule has 1 amide bonds. The molecule has 2 aliphatic rings. The van der Waals surface area contributed by atoms with Crippen molar-refractivity contribution in [1.82, 2.24) is 30.5 Å². The highest BCUT2D eigenvalue weighted by Gasteiger charge is 2.29. The number of carbonyl (C=O) groups is 2. The predicted octanol–water partition coefficient (Wildman–Crippen LogP) is 5.68. The van der Waals surface area contributed by atoms with Gasteiger partial charge in [0.25, 0.3) is 0 Å². The Morgan fingerprint density at radius 3 is 2.67 bits per heavy atom. The molecule has 48 heavy (non-hydrogen) atoms. The molecule has 2 fully saturated rings. The molecule has 0 radical (unpaired) electrons. The standard InChI is InChI=1S/C34H34Cl2FN7O4/c1-48-33-19(15-38-16-22-6-8-27(45)41-22)5-7-25(43-33)23-10-13-39-31(29(23)36)24-3-2-4-26(28(24)35)42-32-30(37)20(9-12-40-32)17-44-14-11-21(18-44)34(46)47/h2-5,7,9-10,12-13,21-22,38H,6,8,11,14-18H2,1H3,(H,40,42)(H,41,45)(H,46,47)/t21-,22-/m0/s1. The Bertz CT molecular complexity index is 1850. The van der Waals surface area contributed by atoms with Crippen LogP contribution in [0.1, 0.15) is 30.4 Å². The van der Waals surface area contributed by atoms with E-state index in [0.717, 1.165) is 12.0 Å². The van der Waals surface area contributed by atoms with E-state index in [9.17, 15) is 14.7 Å². The number of methoxy groups -OCH3 is 1. The highest BCUT2D eigenvalue weighted by molar-refractivity contribution is 6.39. The Kier molecular flexibility index (Phi) is 10.4. The summed E-state index contributed by atoms with van der Waals surface area (Å²) >= 11 is 13.8. The van der Waals surface area contributed by atoms with Gasteiger partial charge in [0, 0.05) is 73.3 Å². The lowest BCUT2D eigenvalue weighted by Crippen LogP contribution is -2.35. The van der Waals surface area contributed by atoms with Crippen LogP contribution < -0.4 is 20.7 Å². The Morgan fingerprint density at radius 2 is 1.92 bits per heavy atom. The first-order valence-electron chi connectivity index (χ1n) is 15.5. The molecule has 4 aromatic rings. The summed E-state index contributed by atoms with van der Waals surface area (Å²) in [5.74, 6) is -1.32. The Labute approximate surface area is 286 Å². The second-order valence-corrected chi connectivity index (χ2v) is 12.6. The molecule has 11 nitrogen and oxygen atoms in total. The van der Waals surface area contributed by atoms with Crippen LogP contribution in [0, 0.1) is 11.7 Å². The van der Waals surface area contributed by atoms with Gasteiger partial charge < -0.3 is 25.8 Å². The van der Waals surface area contributed by atoms with E-state index < -0.39 is 17.7 Å². The van der Waals surface area contributed by atoms with Crippen molar-refractivity contribution in [2.45, 2.75) is 38.4 Å². The lowest BCUT2D eigenvalue weighted by Gasteiger charge is -2.17. The third-order valence-corrected chi connectivity index (χ3v) is 9.37. The molecule has 2 saturated heterocycles. The van der Waals surface area contributed by atoms with Crippen molar-refractivity contribution < 1.29 is 23.8 Å². The third-order valence-electron chi connectivity index (χ3n) is 8.58. The van der Waals surface area contributed by atoms with Crippen molar-refractivity contribution in [3.8, 4) is 28.4 Å². The minimum Gasteiger partial charge on any atom is -0.481 e.